The predicted octanol–water partition coefficient (Wildman–Crippen LogP) is 2.59. The van der Waals surface area contributed by atoms with Gasteiger partial charge in [0.1, 0.15) is 0 Å². The third-order valence-electron chi connectivity index (χ3n) is 2.43. The van der Waals surface area contributed by atoms with Gasteiger partial charge in [0.25, 0.3) is 0 Å². The van der Waals surface area contributed by atoms with Crippen molar-refractivity contribution in [2.75, 3.05) is 0 Å². The van der Waals surface area contributed by atoms with Crippen LogP contribution in [0.1, 0.15) is 18.1 Å². The summed E-state index contributed by atoms with van der Waals surface area (Å²) < 4.78 is 0. The lowest BCUT2D eigenvalue weighted by Crippen LogP contribution is -2.22. The third-order valence-corrected chi connectivity index (χ3v) is 4.13. The van der Waals surface area contributed by atoms with Crippen molar-refractivity contribution in [1.82, 2.24) is 0 Å². The molecule has 0 aliphatic rings. The molecule has 0 atom stereocenters. The Morgan fingerprint density at radius 1 is 1.38 bits per heavy atom. The normalized spacial score (nSPS) is 10.5. The van der Waals surface area contributed by atoms with Gasteiger partial charge in [-0.1, -0.05) is 56.1 Å². The summed E-state index contributed by atoms with van der Waals surface area (Å²) in [6.45, 7) is 10.8. The Hall–Kier alpha value is -0.823. The average molecular weight is 190 g/mol. The van der Waals surface area contributed by atoms with Crippen molar-refractivity contribution in [2.45, 2.75) is 26.4 Å². The molecule has 0 fully saturated rings. The Labute approximate surface area is 82.9 Å². The molecule has 0 spiro atoms. The molecule has 0 radical (unpaired) electrons. The van der Waals surface area contributed by atoms with E-state index in [0.29, 0.717) is 0 Å². The fourth-order valence-corrected chi connectivity index (χ4v) is 2.51. The third kappa shape index (κ3) is 2.31. The lowest BCUT2D eigenvalue weighted by molar-refractivity contribution is 1.14. The minimum atomic E-state index is -0.637. The van der Waals surface area contributed by atoms with Crippen molar-refractivity contribution in [2.24, 2.45) is 0 Å². The van der Waals surface area contributed by atoms with Crippen molar-refractivity contribution in [3.05, 3.63) is 35.9 Å². The van der Waals surface area contributed by atoms with E-state index in [1.807, 2.05) is 6.08 Å². The van der Waals surface area contributed by atoms with E-state index in [1.54, 1.807) is 5.19 Å². The van der Waals surface area contributed by atoms with Crippen LogP contribution in [0.5, 0.6) is 0 Å². The first-order chi connectivity index (χ1) is 6.19. The molecule has 1 aromatic rings. The molecule has 0 aliphatic carbocycles. The molecule has 1 heteroatoms. The van der Waals surface area contributed by atoms with Crippen LogP contribution in [-0.4, -0.2) is 8.80 Å². The molecule has 13 heavy (non-hydrogen) atoms. The highest BCUT2D eigenvalue weighted by Crippen LogP contribution is 2.09. The van der Waals surface area contributed by atoms with Gasteiger partial charge < -0.3 is 0 Å². The van der Waals surface area contributed by atoms with Gasteiger partial charge in [0.2, 0.25) is 0 Å². The molecule has 0 heterocycles. The number of aryl methyl sites for hydroxylation is 1. The summed E-state index contributed by atoms with van der Waals surface area (Å²) in [5.74, 6) is 0. The molecule has 0 unspecified atom stereocenters. The van der Waals surface area contributed by atoms with E-state index < -0.39 is 8.80 Å². The molecule has 0 nitrogen and oxygen atoms in total. The van der Waals surface area contributed by atoms with Gasteiger partial charge in [-0.2, -0.15) is 0 Å². The van der Waals surface area contributed by atoms with Crippen molar-refractivity contribution < 1.29 is 0 Å². The molecular weight excluding hydrogens is 172 g/mol. The van der Waals surface area contributed by atoms with Crippen molar-refractivity contribution in [3.8, 4) is 0 Å². The standard InChI is InChI=1S/C12H18Si/c1-5-10-7-8-12(13(3)4)9-11(10)6-2/h5,7-9,13H,1,6H2,2-4H3. The largest absolute Gasteiger partial charge is 0.0985 e. The van der Waals surface area contributed by atoms with E-state index in [0.717, 1.165) is 6.42 Å². The fourth-order valence-electron chi connectivity index (χ4n) is 1.49. The lowest BCUT2D eigenvalue weighted by atomic mass is 10.1. The van der Waals surface area contributed by atoms with Gasteiger partial charge in [0, 0.05) is 0 Å². The number of rotatable bonds is 3. The summed E-state index contributed by atoms with van der Waals surface area (Å²) in [5.41, 5.74) is 2.73. The molecule has 0 aromatic heterocycles. The summed E-state index contributed by atoms with van der Waals surface area (Å²) in [5, 5.41) is 1.56. The van der Waals surface area contributed by atoms with Crippen molar-refractivity contribution in [3.63, 3.8) is 0 Å². The maximum Gasteiger partial charge on any atom is 0.0647 e. The van der Waals surface area contributed by atoms with E-state index in [2.05, 4.69) is 44.8 Å². The van der Waals surface area contributed by atoms with Gasteiger partial charge >= 0.3 is 0 Å². The van der Waals surface area contributed by atoms with Gasteiger partial charge in [-0.3, -0.25) is 0 Å². The SMILES string of the molecule is C=Cc1ccc([SiH](C)C)cc1CC. The Bertz CT molecular complexity index is 300. The first kappa shape index (κ1) is 10.3. The molecule has 70 valence electrons. The zero-order valence-corrected chi connectivity index (χ0v) is 9.96. The molecule has 0 saturated heterocycles. The highest BCUT2D eigenvalue weighted by atomic mass is 28.3. The smallest absolute Gasteiger partial charge is 0.0647 e. The van der Waals surface area contributed by atoms with E-state index in [1.165, 1.54) is 11.1 Å². The maximum atomic E-state index is 3.83. The topological polar surface area (TPSA) is 0 Å². The quantitative estimate of drug-likeness (QED) is 0.643. The Balaban J connectivity index is 3.12. The molecular formula is C12H18Si. The monoisotopic (exact) mass is 190 g/mol. The second-order valence-corrected chi connectivity index (χ2v) is 6.65. The number of hydrogen-bond donors (Lipinski definition) is 0. The Morgan fingerprint density at radius 2 is 2.08 bits per heavy atom. The van der Waals surface area contributed by atoms with E-state index >= 15 is 0 Å². The van der Waals surface area contributed by atoms with Crippen LogP contribution in [0, 0.1) is 0 Å². The zero-order valence-electron chi connectivity index (χ0n) is 8.80. The second kappa shape index (κ2) is 4.42. The zero-order chi connectivity index (χ0) is 9.84. The lowest BCUT2D eigenvalue weighted by Gasteiger charge is -2.09. The fraction of sp³-hybridized carbons (Fsp3) is 0.333. The first-order valence-corrected chi connectivity index (χ1v) is 7.83. The molecule has 0 N–H and O–H groups in total. The highest BCUT2D eigenvalue weighted by molar-refractivity contribution is 6.70. The summed E-state index contributed by atoms with van der Waals surface area (Å²) >= 11 is 0. The van der Waals surface area contributed by atoms with Crippen LogP contribution in [0.4, 0.5) is 0 Å². The van der Waals surface area contributed by atoms with Gasteiger partial charge in [-0.25, -0.2) is 0 Å². The van der Waals surface area contributed by atoms with E-state index in [4.69, 9.17) is 0 Å². The molecule has 0 aliphatic heterocycles. The molecule has 0 bridgehead atoms. The van der Waals surface area contributed by atoms with E-state index in [-0.39, 0.29) is 0 Å². The summed E-state index contributed by atoms with van der Waals surface area (Å²) in [7, 11) is -0.637. The average Bonchev–Trinajstić information content (AvgIpc) is 2.16. The van der Waals surface area contributed by atoms with Crippen LogP contribution in [0.3, 0.4) is 0 Å². The minimum Gasteiger partial charge on any atom is -0.0985 e. The number of benzene rings is 1. The van der Waals surface area contributed by atoms with Gasteiger partial charge in [-0.05, 0) is 17.5 Å². The summed E-state index contributed by atoms with van der Waals surface area (Å²) in [6.07, 6.45) is 3.06. The maximum absolute atomic E-state index is 3.83. The summed E-state index contributed by atoms with van der Waals surface area (Å²) in [6, 6.07) is 6.81. The van der Waals surface area contributed by atoms with Crippen LogP contribution in [0.2, 0.25) is 13.1 Å². The molecule has 0 amide bonds. The first-order valence-electron chi connectivity index (χ1n) is 4.94. The van der Waals surface area contributed by atoms with Crippen LogP contribution in [0.15, 0.2) is 24.8 Å². The molecule has 0 saturated carbocycles. The summed E-state index contributed by atoms with van der Waals surface area (Å²) in [4.78, 5) is 0. The van der Waals surface area contributed by atoms with E-state index in [9.17, 15) is 0 Å². The van der Waals surface area contributed by atoms with Crippen LogP contribution >= 0.6 is 0 Å². The van der Waals surface area contributed by atoms with Crippen LogP contribution < -0.4 is 5.19 Å². The Morgan fingerprint density at radius 3 is 2.54 bits per heavy atom. The Kier molecular flexibility index (Phi) is 3.49. The van der Waals surface area contributed by atoms with Gasteiger partial charge in [0.05, 0.1) is 8.80 Å². The van der Waals surface area contributed by atoms with Crippen molar-refractivity contribution >= 4 is 20.1 Å². The van der Waals surface area contributed by atoms with Crippen molar-refractivity contribution in [1.29, 1.82) is 0 Å². The van der Waals surface area contributed by atoms with Crippen LogP contribution in [0.25, 0.3) is 6.08 Å². The second-order valence-electron chi connectivity index (χ2n) is 3.67. The van der Waals surface area contributed by atoms with Crippen LogP contribution in [-0.2, 0) is 6.42 Å². The molecule has 1 aromatic carbocycles. The highest BCUT2D eigenvalue weighted by Gasteiger charge is 2.03. The van der Waals surface area contributed by atoms with Gasteiger partial charge in [-0.15, -0.1) is 0 Å². The molecule has 1 rings (SSSR count). The minimum absolute atomic E-state index is 0.637. The number of hydrogen-bond acceptors (Lipinski definition) is 0. The predicted molar refractivity (Wildman–Crippen MR) is 64.4 cm³/mol. The van der Waals surface area contributed by atoms with Gasteiger partial charge in [0.15, 0.2) is 0 Å².